The summed E-state index contributed by atoms with van der Waals surface area (Å²) in [6.07, 6.45) is 5.32. The Morgan fingerprint density at radius 1 is 1.21 bits per heavy atom. The molecule has 0 amide bonds. The number of allylic oxidation sites excluding steroid dienone is 5. The number of para-hydroxylation sites is 1. The molecule has 0 bridgehead atoms. The fourth-order valence-corrected chi connectivity index (χ4v) is 1.31. The van der Waals surface area contributed by atoms with Crippen molar-refractivity contribution in [1.82, 2.24) is 5.43 Å². The molecule has 0 spiro atoms. The van der Waals surface area contributed by atoms with Crippen LogP contribution >= 0.6 is 0 Å². The fraction of sp³-hybridized carbons (Fsp3) is 0.200. The topological polar surface area (TPSA) is 47.3 Å². The van der Waals surface area contributed by atoms with Crippen molar-refractivity contribution < 1.29 is 9.13 Å². The highest BCUT2D eigenvalue weighted by molar-refractivity contribution is 5.31. The molecule has 0 aliphatic carbocycles. The molecule has 19 heavy (non-hydrogen) atoms. The number of hydrazine groups is 1. The molecule has 0 heterocycles. The predicted octanol–water partition coefficient (Wildman–Crippen LogP) is 3.42. The minimum Gasteiger partial charge on any atom is -0.454 e. The highest BCUT2D eigenvalue weighted by atomic mass is 19.1. The van der Waals surface area contributed by atoms with Crippen LogP contribution < -0.4 is 16.0 Å². The van der Waals surface area contributed by atoms with Crippen LogP contribution in [0.5, 0.6) is 5.75 Å². The lowest BCUT2D eigenvalue weighted by atomic mass is 10.2. The van der Waals surface area contributed by atoms with Crippen molar-refractivity contribution in [3.05, 3.63) is 65.3 Å². The van der Waals surface area contributed by atoms with Crippen LogP contribution in [0.4, 0.5) is 4.39 Å². The Balaban J connectivity index is 3.00. The van der Waals surface area contributed by atoms with Gasteiger partial charge >= 0.3 is 0 Å². The quantitative estimate of drug-likeness (QED) is 0.370. The van der Waals surface area contributed by atoms with Gasteiger partial charge < -0.3 is 10.2 Å². The summed E-state index contributed by atoms with van der Waals surface area (Å²) < 4.78 is 19.1. The van der Waals surface area contributed by atoms with Crippen molar-refractivity contribution in [2.45, 2.75) is 20.8 Å². The summed E-state index contributed by atoms with van der Waals surface area (Å²) in [4.78, 5) is 0. The number of rotatable bonds is 5. The third kappa shape index (κ3) is 5.40. The van der Waals surface area contributed by atoms with E-state index in [2.05, 4.69) is 5.43 Å². The van der Waals surface area contributed by atoms with Crippen molar-refractivity contribution in [3.8, 4) is 5.75 Å². The van der Waals surface area contributed by atoms with Crippen LogP contribution in [0.3, 0.4) is 0 Å². The zero-order valence-electron chi connectivity index (χ0n) is 11.4. The van der Waals surface area contributed by atoms with Crippen molar-refractivity contribution in [2.24, 2.45) is 5.84 Å². The molecule has 0 aliphatic heterocycles. The smallest absolute Gasteiger partial charge is 0.165 e. The summed E-state index contributed by atoms with van der Waals surface area (Å²) in [6.45, 7) is 5.70. The molecule has 0 saturated carbocycles. The molecule has 0 atom stereocenters. The van der Waals surface area contributed by atoms with Gasteiger partial charge in [0.15, 0.2) is 11.6 Å². The maximum atomic E-state index is 13.5. The number of hydrogen-bond donors (Lipinski definition) is 2. The highest BCUT2D eigenvalue weighted by Gasteiger charge is 2.03. The van der Waals surface area contributed by atoms with Gasteiger partial charge in [0.1, 0.15) is 5.76 Å². The van der Waals surface area contributed by atoms with E-state index in [4.69, 9.17) is 10.6 Å². The first kappa shape index (κ1) is 15.0. The molecule has 3 nitrogen and oxygen atoms in total. The molecular formula is C15H19FN2O. The predicted molar refractivity (Wildman–Crippen MR) is 75.6 cm³/mol. The van der Waals surface area contributed by atoms with Gasteiger partial charge in [0.05, 0.1) is 0 Å². The first-order chi connectivity index (χ1) is 9.02. The van der Waals surface area contributed by atoms with Crippen LogP contribution in [-0.2, 0) is 0 Å². The van der Waals surface area contributed by atoms with E-state index >= 15 is 0 Å². The maximum absolute atomic E-state index is 13.5. The lowest BCUT2D eigenvalue weighted by molar-refractivity contribution is 0.411. The number of hydrogen-bond acceptors (Lipinski definition) is 3. The molecule has 1 aromatic rings. The van der Waals surface area contributed by atoms with E-state index in [1.807, 2.05) is 26.8 Å². The van der Waals surface area contributed by atoms with E-state index in [-0.39, 0.29) is 5.75 Å². The molecule has 4 heteroatoms. The monoisotopic (exact) mass is 262 g/mol. The maximum Gasteiger partial charge on any atom is 0.165 e. The van der Waals surface area contributed by atoms with Gasteiger partial charge in [-0.25, -0.2) is 4.39 Å². The van der Waals surface area contributed by atoms with E-state index in [0.717, 1.165) is 11.3 Å². The van der Waals surface area contributed by atoms with Crippen molar-refractivity contribution in [1.29, 1.82) is 0 Å². The normalized spacial score (nSPS) is 12.1. The Morgan fingerprint density at radius 2 is 1.89 bits per heavy atom. The van der Waals surface area contributed by atoms with Gasteiger partial charge in [-0.3, -0.25) is 5.84 Å². The highest BCUT2D eigenvalue weighted by Crippen LogP contribution is 2.19. The Labute approximate surface area is 113 Å². The standard InChI is InChI=1S/C15H19FN2O/c1-11(2)10-13(9-8-12(3)18-17)19-15-7-5-4-6-14(15)16/h4-10,18H,17H2,1-3H3/b12-8+,13-9+. The summed E-state index contributed by atoms with van der Waals surface area (Å²) in [5.74, 6) is 5.61. The third-order valence-corrected chi connectivity index (χ3v) is 2.22. The van der Waals surface area contributed by atoms with Gasteiger partial charge in [0.25, 0.3) is 0 Å². The van der Waals surface area contributed by atoms with Gasteiger partial charge in [-0.1, -0.05) is 17.7 Å². The molecule has 0 aliphatic rings. The van der Waals surface area contributed by atoms with Gasteiger partial charge in [0.2, 0.25) is 0 Å². The van der Waals surface area contributed by atoms with Gasteiger partial charge in [-0.05, 0) is 51.1 Å². The average molecular weight is 262 g/mol. The number of benzene rings is 1. The number of nitrogens with two attached hydrogens (primary N) is 1. The Kier molecular flexibility index (Phi) is 5.82. The molecule has 0 saturated heterocycles. The zero-order chi connectivity index (χ0) is 14.3. The number of halogens is 1. The van der Waals surface area contributed by atoms with Crippen molar-refractivity contribution in [2.75, 3.05) is 0 Å². The minimum atomic E-state index is -0.395. The van der Waals surface area contributed by atoms with E-state index in [9.17, 15) is 4.39 Å². The first-order valence-corrected chi connectivity index (χ1v) is 5.95. The average Bonchev–Trinajstić information content (AvgIpc) is 2.37. The lowest BCUT2D eigenvalue weighted by Gasteiger charge is -2.08. The Morgan fingerprint density at radius 3 is 2.47 bits per heavy atom. The van der Waals surface area contributed by atoms with E-state index < -0.39 is 5.82 Å². The van der Waals surface area contributed by atoms with Gasteiger partial charge in [-0.15, -0.1) is 0 Å². The lowest BCUT2D eigenvalue weighted by Crippen LogP contribution is -2.18. The van der Waals surface area contributed by atoms with Crippen molar-refractivity contribution >= 4 is 0 Å². The molecule has 0 radical (unpaired) electrons. The molecule has 0 unspecified atom stereocenters. The SMILES string of the molecule is CC(C)=C/C(=C\C=C(/C)NN)Oc1ccccc1F. The van der Waals surface area contributed by atoms with Crippen LogP contribution in [0.2, 0.25) is 0 Å². The van der Waals surface area contributed by atoms with Crippen LogP contribution in [-0.4, -0.2) is 0 Å². The van der Waals surface area contributed by atoms with Crippen molar-refractivity contribution in [3.63, 3.8) is 0 Å². The number of ether oxygens (including phenoxy) is 1. The summed E-state index contributed by atoms with van der Waals surface area (Å²) in [7, 11) is 0. The van der Waals surface area contributed by atoms with E-state index in [0.29, 0.717) is 5.76 Å². The van der Waals surface area contributed by atoms with Gasteiger partial charge in [-0.2, -0.15) is 0 Å². The second-order valence-electron chi connectivity index (χ2n) is 4.32. The molecule has 3 N–H and O–H groups in total. The minimum absolute atomic E-state index is 0.193. The van der Waals surface area contributed by atoms with Gasteiger partial charge in [0, 0.05) is 5.70 Å². The van der Waals surface area contributed by atoms with Crippen LogP contribution in [0.15, 0.2) is 59.5 Å². The first-order valence-electron chi connectivity index (χ1n) is 5.95. The summed E-state index contributed by atoms with van der Waals surface area (Å²) in [5.41, 5.74) is 4.34. The second kappa shape index (κ2) is 7.38. The molecule has 1 rings (SSSR count). The molecular weight excluding hydrogens is 243 g/mol. The zero-order valence-corrected chi connectivity index (χ0v) is 11.4. The van der Waals surface area contributed by atoms with Crippen LogP contribution in [0.25, 0.3) is 0 Å². The summed E-state index contributed by atoms with van der Waals surface area (Å²) >= 11 is 0. The summed E-state index contributed by atoms with van der Waals surface area (Å²) in [5, 5.41) is 0. The fourth-order valence-electron chi connectivity index (χ4n) is 1.31. The molecule has 0 aromatic heterocycles. The van der Waals surface area contributed by atoms with E-state index in [1.54, 1.807) is 30.4 Å². The third-order valence-electron chi connectivity index (χ3n) is 2.22. The molecule has 102 valence electrons. The summed E-state index contributed by atoms with van der Waals surface area (Å²) in [6, 6.07) is 6.29. The number of nitrogens with one attached hydrogen (secondary N) is 1. The Hall–Kier alpha value is -2.07. The van der Waals surface area contributed by atoms with E-state index in [1.165, 1.54) is 6.07 Å². The van der Waals surface area contributed by atoms with Crippen LogP contribution in [0, 0.1) is 5.82 Å². The van der Waals surface area contributed by atoms with Crippen LogP contribution in [0.1, 0.15) is 20.8 Å². The largest absolute Gasteiger partial charge is 0.454 e. The molecule has 0 fully saturated rings. The second-order valence-corrected chi connectivity index (χ2v) is 4.32. The molecule has 1 aromatic carbocycles. The Bertz CT molecular complexity index is 515.